The zero-order valence-electron chi connectivity index (χ0n) is 16.7. The number of nitriles is 1. The van der Waals surface area contributed by atoms with E-state index in [-0.39, 0.29) is 0 Å². The van der Waals surface area contributed by atoms with Crippen LogP contribution in [0.3, 0.4) is 0 Å². The van der Waals surface area contributed by atoms with Gasteiger partial charge in [0.05, 0.1) is 29.4 Å². The lowest BCUT2D eigenvalue weighted by atomic mass is 9.97. The quantitative estimate of drug-likeness (QED) is 0.658. The van der Waals surface area contributed by atoms with Crippen LogP contribution in [0, 0.1) is 31.1 Å². The second-order valence-electron chi connectivity index (χ2n) is 7.68. The highest BCUT2D eigenvalue weighted by molar-refractivity contribution is 6.31. The van der Waals surface area contributed by atoms with Gasteiger partial charge in [-0.25, -0.2) is 9.97 Å². The summed E-state index contributed by atoms with van der Waals surface area (Å²) in [6, 6.07) is 9.50. The van der Waals surface area contributed by atoms with Gasteiger partial charge in [0, 0.05) is 17.0 Å². The summed E-state index contributed by atoms with van der Waals surface area (Å²) in [4.78, 5) is 11.5. The SMILES string of the molecule is Cc1nc(CN2CCC(CNc3cc(C#N)c4cc(Cl)ccc4n3)CC2)oc1C. The number of nitrogens with zero attached hydrogens (tertiary/aromatic N) is 4. The first kappa shape index (κ1) is 19.7. The predicted octanol–water partition coefficient (Wildman–Crippen LogP) is 4.69. The topological polar surface area (TPSA) is 78.0 Å². The van der Waals surface area contributed by atoms with Crippen LogP contribution >= 0.6 is 11.6 Å². The molecule has 0 radical (unpaired) electrons. The van der Waals surface area contributed by atoms with E-state index < -0.39 is 0 Å². The Morgan fingerprint density at radius 2 is 2.03 bits per heavy atom. The number of piperidine rings is 1. The minimum absolute atomic E-state index is 0.576. The first-order chi connectivity index (χ1) is 14.0. The molecule has 0 bridgehead atoms. The highest BCUT2D eigenvalue weighted by Gasteiger charge is 2.21. The van der Waals surface area contributed by atoms with Crippen molar-refractivity contribution >= 4 is 28.3 Å². The minimum Gasteiger partial charge on any atom is -0.444 e. The second kappa shape index (κ2) is 8.40. The van der Waals surface area contributed by atoms with Crippen LogP contribution in [0.5, 0.6) is 0 Å². The maximum absolute atomic E-state index is 9.47. The van der Waals surface area contributed by atoms with E-state index in [2.05, 4.69) is 26.3 Å². The van der Waals surface area contributed by atoms with Gasteiger partial charge in [-0.05, 0) is 70.0 Å². The highest BCUT2D eigenvalue weighted by Crippen LogP contribution is 2.25. The third-order valence-corrected chi connectivity index (χ3v) is 5.84. The third kappa shape index (κ3) is 4.52. The molecule has 3 aromatic rings. The molecule has 7 heteroatoms. The van der Waals surface area contributed by atoms with E-state index in [0.717, 1.165) is 73.1 Å². The standard InChI is InChI=1S/C22H24ClN5O/c1-14-15(2)29-22(26-14)13-28-7-5-16(6-8-28)12-25-21-9-17(11-24)19-10-18(23)3-4-20(19)27-21/h3-4,9-10,16H,5-8,12-13H2,1-2H3,(H,25,27). The van der Waals surface area contributed by atoms with Crippen molar-refractivity contribution in [3.05, 3.63) is 52.2 Å². The van der Waals surface area contributed by atoms with Gasteiger partial charge in [-0.15, -0.1) is 0 Å². The molecule has 2 aromatic heterocycles. The van der Waals surface area contributed by atoms with Crippen LogP contribution in [0.1, 0.15) is 35.7 Å². The molecule has 0 spiro atoms. The van der Waals surface area contributed by atoms with Crippen molar-refractivity contribution in [1.82, 2.24) is 14.9 Å². The van der Waals surface area contributed by atoms with Crippen LogP contribution in [0.2, 0.25) is 5.02 Å². The number of benzene rings is 1. The first-order valence-corrected chi connectivity index (χ1v) is 10.3. The number of aryl methyl sites for hydroxylation is 2. The van der Waals surface area contributed by atoms with Crippen LogP contribution in [0.4, 0.5) is 5.82 Å². The van der Waals surface area contributed by atoms with Crippen molar-refractivity contribution < 1.29 is 4.42 Å². The van der Waals surface area contributed by atoms with E-state index in [9.17, 15) is 5.26 Å². The van der Waals surface area contributed by atoms with Gasteiger partial charge in [-0.3, -0.25) is 4.90 Å². The Morgan fingerprint density at radius 3 is 2.72 bits per heavy atom. The van der Waals surface area contributed by atoms with E-state index in [1.54, 1.807) is 18.2 Å². The van der Waals surface area contributed by atoms with Crippen molar-refractivity contribution in [2.75, 3.05) is 25.0 Å². The largest absolute Gasteiger partial charge is 0.444 e. The molecule has 150 valence electrons. The Balaban J connectivity index is 1.33. The number of halogens is 1. The fourth-order valence-corrected chi connectivity index (χ4v) is 3.95. The van der Waals surface area contributed by atoms with E-state index in [1.165, 1.54) is 0 Å². The van der Waals surface area contributed by atoms with Gasteiger partial charge in [0.2, 0.25) is 5.89 Å². The number of rotatable bonds is 5. The van der Waals surface area contributed by atoms with Crippen molar-refractivity contribution in [3.8, 4) is 6.07 Å². The summed E-state index contributed by atoms with van der Waals surface area (Å²) in [5.41, 5.74) is 2.34. The van der Waals surface area contributed by atoms with Gasteiger partial charge in [-0.2, -0.15) is 5.26 Å². The average Bonchev–Trinajstić information content (AvgIpc) is 3.03. The molecule has 1 N–H and O–H groups in total. The summed E-state index contributed by atoms with van der Waals surface area (Å²) in [6.07, 6.45) is 2.22. The van der Waals surface area contributed by atoms with Gasteiger partial charge in [0.25, 0.3) is 0 Å². The molecular formula is C22H24ClN5O. The number of hydrogen-bond donors (Lipinski definition) is 1. The first-order valence-electron chi connectivity index (χ1n) is 9.91. The molecule has 6 nitrogen and oxygen atoms in total. The smallest absolute Gasteiger partial charge is 0.208 e. The maximum Gasteiger partial charge on any atom is 0.208 e. The van der Waals surface area contributed by atoms with Crippen LogP contribution in [-0.2, 0) is 6.54 Å². The van der Waals surface area contributed by atoms with E-state index in [0.29, 0.717) is 16.5 Å². The molecule has 0 aliphatic carbocycles. The van der Waals surface area contributed by atoms with Gasteiger partial charge in [-0.1, -0.05) is 11.6 Å². The molecule has 0 unspecified atom stereocenters. The molecule has 4 rings (SSSR count). The molecule has 1 aliphatic heterocycles. The van der Waals surface area contributed by atoms with Gasteiger partial charge in [0.15, 0.2) is 0 Å². The number of nitrogens with one attached hydrogen (secondary N) is 1. The van der Waals surface area contributed by atoms with E-state index in [4.69, 9.17) is 16.0 Å². The van der Waals surface area contributed by atoms with Crippen LogP contribution in [0.25, 0.3) is 10.9 Å². The molecule has 1 saturated heterocycles. The average molecular weight is 410 g/mol. The molecule has 0 saturated carbocycles. The second-order valence-corrected chi connectivity index (χ2v) is 8.11. The lowest BCUT2D eigenvalue weighted by molar-refractivity contribution is 0.167. The molecule has 0 atom stereocenters. The van der Waals surface area contributed by atoms with Crippen LogP contribution < -0.4 is 5.32 Å². The van der Waals surface area contributed by atoms with Crippen molar-refractivity contribution in [3.63, 3.8) is 0 Å². The summed E-state index contributed by atoms with van der Waals surface area (Å²) >= 11 is 6.06. The summed E-state index contributed by atoms with van der Waals surface area (Å²) in [5.74, 6) is 3.03. The van der Waals surface area contributed by atoms with Crippen LogP contribution in [0.15, 0.2) is 28.7 Å². The Kier molecular flexibility index (Phi) is 5.70. The number of hydrogen-bond acceptors (Lipinski definition) is 6. The third-order valence-electron chi connectivity index (χ3n) is 5.60. The fraction of sp³-hybridized carbons (Fsp3) is 0.409. The zero-order chi connectivity index (χ0) is 20.4. The number of likely N-dealkylation sites (tertiary alicyclic amines) is 1. The molecule has 1 fully saturated rings. The Morgan fingerprint density at radius 1 is 1.24 bits per heavy atom. The fourth-order valence-electron chi connectivity index (χ4n) is 3.78. The Bertz CT molecular complexity index is 1040. The molecule has 3 heterocycles. The summed E-state index contributed by atoms with van der Waals surface area (Å²) in [7, 11) is 0. The molecule has 0 amide bonds. The summed E-state index contributed by atoms with van der Waals surface area (Å²) in [6.45, 7) is 7.61. The monoisotopic (exact) mass is 409 g/mol. The molecular weight excluding hydrogens is 386 g/mol. The normalized spacial score (nSPS) is 15.5. The number of pyridine rings is 1. The zero-order valence-corrected chi connectivity index (χ0v) is 17.5. The van der Waals surface area contributed by atoms with E-state index in [1.807, 2.05) is 19.9 Å². The van der Waals surface area contributed by atoms with E-state index >= 15 is 0 Å². The number of aromatic nitrogens is 2. The predicted molar refractivity (Wildman–Crippen MR) is 114 cm³/mol. The van der Waals surface area contributed by atoms with Crippen LogP contribution in [-0.4, -0.2) is 34.5 Å². The lowest BCUT2D eigenvalue weighted by Crippen LogP contribution is -2.35. The van der Waals surface area contributed by atoms with Gasteiger partial charge < -0.3 is 9.73 Å². The molecule has 29 heavy (non-hydrogen) atoms. The summed E-state index contributed by atoms with van der Waals surface area (Å²) < 4.78 is 5.71. The minimum atomic E-state index is 0.576. The van der Waals surface area contributed by atoms with Crippen molar-refractivity contribution in [2.45, 2.75) is 33.2 Å². The lowest BCUT2D eigenvalue weighted by Gasteiger charge is -2.31. The number of oxazole rings is 1. The maximum atomic E-state index is 9.47. The van der Waals surface area contributed by atoms with Gasteiger partial charge >= 0.3 is 0 Å². The Labute approximate surface area is 175 Å². The van der Waals surface area contributed by atoms with Crippen molar-refractivity contribution in [1.29, 1.82) is 5.26 Å². The van der Waals surface area contributed by atoms with Crippen molar-refractivity contribution in [2.24, 2.45) is 5.92 Å². The number of anilines is 1. The number of fused-ring (bicyclic) bond motifs is 1. The molecule has 1 aromatic carbocycles. The Hall–Kier alpha value is -2.62. The molecule has 1 aliphatic rings. The summed E-state index contributed by atoms with van der Waals surface area (Å²) in [5, 5.41) is 14.3. The highest BCUT2D eigenvalue weighted by atomic mass is 35.5. The van der Waals surface area contributed by atoms with Gasteiger partial charge in [0.1, 0.15) is 11.6 Å².